The molecule has 1 aliphatic heterocycles. The van der Waals surface area contributed by atoms with Crippen LogP contribution in [-0.2, 0) is 13.2 Å². The maximum Gasteiger partial charge on any atom is 0.266 e. The van der Waals surface area contributed by atoms with E-state index in [1.165, 1.54) is 4.90 Å². The summed E-state index contributed by atoms with van der Waals surface area (Å²) in [5.41, 5.74) is 2.38. The van der Waals surface area contributed by atoms with Crippen LogP contribution in [0.3, 0.4) is 0 Å². The number of nitrogens with zero attached hydrogens (tertiary/aromatic N) is 3. The number of amides is 2. The molecule has 4 rings (SSSR count). The lowest BCUT2D eigenvalue weighted by Crippen LogP contribution is -2.29. The van der Waals surface area contributed by atoms with Crippen molar-refractivity contribution in [1.29, 1.82) is 0 Å². The summed E-state index contributed by atoms with van der Waals surface area (Å²) in [5, 5.41) is 4.20. The summed E-state index contributed by atoms with van der Waals surface area (Å²) in [6, 6.07) is 15.7. The molecule has 0 spiro atoms. The monoisotopic (exact) mass is 347 g/mol. The highest BCUT2D eigenvalue weighted by Crippen LogP contribution is 2.29. The highest BCUT2D eigenvalue weighted by molar-refractivity contribution is 6.34. The highest BCUT2D eigenvalue weighted by atomic mass is 16.5. The minimum atomic E-state index is -0.300. The first-order valence-electron chi connectivity index (χ1n) is 8.40. The molecule has 0 fully saturated rings. The molecule has 0 bridgehead atoms. The Morgan fingerprint density at radius 3 is 2.19 bits per heavy atom. The molecule has 0 saturated heterocycles. The predicted molar refractivity (Wildman–Crippen MR) is 96.3 cm³/mol. The number of hydrogen-bond donors (Lipinski definition) is 0. The summed E-state index contributed by atoms with van der Waals surface area (Å²) < 4.78 is 7.65. The van der Waals surface area contributed by atoms with E-state index in [-0.39, 0.29) is 11.8 Å². The van der Waals surface area contributed by atoms with Crippen LogP contribution >= 0.6 is 0 Å². The summed E-state index contributed by atoms with van der Waals surface area (Å²) in [6.45, 7) is 3.21. The van der Waals surface area contributed by atoms with Gasteiger partial charge in [-0.1, -0.05) is 12.1 Å². The summed E-state index contributed by atoms with van der Waals surface area (Å²) >= 11 is 0. The quantitative estimate of drug-likeness (QED) is 0.665. The van der Waals surface area contributed by atoms with Gasteiger partial charge in [-0.15, -0.1) is 0 Å². The molecule has 6 nitrogen and oxygen atoms in total. The van der Waals surface area contributed by atoms with Gasteiger partial charge in [-0.2, -0.15) is 5.10 Å². The molecule has 3 aromatic rings. The summed E-state index contributed by atoms with van der Waals surface area (Å²) in [4.78, 5) is 26.2. The first-order valence-corrected chi connectivity index (χ1v) is 8.40. The van der Waals surface area contributed by atoms with Crippen molar-refractivity contribution >= 4 is 17.5 Å². The van der Waals surface area contributed by atoms with E-state index in [2.05, 4.69) is 5.10 Å². The first kappa shape index (κ1) is 16.1. The van der Waals surface area contributed by atoms with Crippen LogP contribution in [0.25, 0.3) is 0 Å². The standard InChI is InChI=1S/C20H17N3O3/c1-2-22-15(11-12-21-22)13-26-16-9-7-14(8-10-16)23-19(24)17-5-3-4-6-18(17)20(23)25/h3-12H,2,13H2,1H3. The molecule has 0 N–H and O–H groups in total. The molecule has 130 valence electrons. The van der Waals surface area contributed by atoms with Gasteiger partial charge in [0.25, 0.3) is 11.8 Å². The minimum Gasteiger partial charge on any atom is -0.487 e. The van der Waals surface area contributed by atoms with E-state index in [0.29, 0.717) is 29.2 Å². The largest absolute Gasteiger partial charge is 0.487 e. The second kappa shape index (κ2) is 6.48. The SMILES string of the molecule is CCn1nccc1COc1ccc(N2C(=O)c3ccccc3C2=O)cc1. The van der Waals surface area contributed by atoms with Crippen molar-refractivity contribution in [1.82, 2.24) is 9.78 Å². The molecule has 6 heteroatoms. The van der Waals surface area contributed by atoms with Crippen LogP contribution in [0.4, 0.5) is 5.69 Å². The Labute approximate surface area is 150 Å². The summed E-state index contributed by atoms with van der Waals surface area (Å²) in [6.07, 6.45) is 1.74. The number of anilines is 1. The van der Waals surface area contributed by atoms with E-state index in [0.717, 1.165) is 12.2 Å². The second-order valence-corrected chi connectivity index (χ2v) is 5.91. The second-order valence-electron chi connectivity index (χ2n) is 5.91. The van der Waals surface area contributed by atoms with Crippen LogP contribution < -0.4 is 9.64 Å². The van der Waals surface area contributed by atoms with Crippen LogP contribution in [0.2, 0.25) is 0 Å². The van der Waals surface area contributed by atoms with Gasteiger partial charge in [-0.25, -0.2) is 4.90 Å². The zero-order valence-corrected chi connectivity index (χ0v) is 14.3. The molecule has 26 heavy (non-hydrogen) atoms. The Kier molecular flexibility index (Phi) is 4.01. The molecule has 0 radical (unpaired) electrons. The summed E-state index contributed by atoms with van der Waals surface area (Å²) in [7, 11) is 0. The van der Waals surface area contributed by atoms with Crippen LogP contribution in [0.5, 0.6) is 5.75 Å². The van der Waals surface area contributed by atoms with Crippen LogP contribution in [0.1, 0.15) is 33.3 Å². The maximum absolute atomic E-state index is 12.5. The Bertz CT molecular complexity index is 941. The number of fused-ring (bicyclic) bond motifs is 1. The van der Waals surface area contributed by atoms with Gasteiger partial charge >= 0.3 is 0 Å². The average molecular weight is 347 g/mol. The van der Waals surface area contributed by atoms with E-state index in [9.17, 15) is 9.59 Å². The number of ether oxygens (including phenoxy) is 1. The lowest BCUT2D eigenvalue weighted by atomic mass is 10.1. The van der Waals surface area contributed by atoms with Crippen LogP contribution in [0.15, 0.2) is 60.8 Å². The molecule has 0 aliphatic carbocycles. The van der Waals surface area contributed by atoms with E-state index < -0.39 is 0 Å². The van der Waals surface area contributed by atoms with Crippen molar-refractivity contribution in [2.45, 2.75) is 20.1 Å². The Morgan fingerprint density at radius 2 is 1.58 bits per heavy atom. The lowest BCUT2D eigenvalue weighted by Gasteiger charge is -2.14. The molecule has 1 aromatic heterocycles. The number of hydrogen-bond acceptors (Lipinski definition) is 4. The van der Waals surface area contributed by atoms with Gasteiger partial charge in [0, 0.05) is 12.7 Å². The predicted octanol–water partition coefficient (Wildman–Crippen LogP) is 3.28. The van der Waals surface area contributed by atoms with Crippen molar-refractivity contribution in [2.24, 2.45) is 0 Å². The normalized spacial score (nSPS) is 13.2. The molecule has 1 aliphatic rings. The number of benzene rings is 2. The molecular formula is C20H17N3O3. The van der Waals surface area contributed by atoms with Crippen LogP contribution in [-0.4, -0.2) is 21.6 Å². The van der Waals surface area contributed by atoms with Crippen molar-refractivity contribution in [3.05, 3.63) is 77.6 Å². The number of rotatable bonds is 5. The molecular weight excluding hydrogens is 330 g/mol. The zero-order chi connectivity index (χ0) is 18.1. The van der Waals surface area contributed by atoms with Gasteiger partial charge in [0.05, 0.1) is 22.5 Å². The summed E-state index contributed by atoms with van der Waals surface area (Å²) in [5.74, 6) is 0.0615. The van der Waals surface area contributed by atoms with Gasteiger partial charge in [0.2, 0.25) is 0 Å². The van der Waals surface area contributed by atoms with E-state index in [4.69, 9.17) is 4.74 Å². The highest BCUT2D eigenvalue weighted by Gasteiger charge is 2.36. The van der Waals surface area contributed by atoms with Gasteiger partial charge in [0.1, 0.15) is 12.4 Å². The minimum absolute atomic E-state index is 0.300. The molecule has 0 unspecified atom stereocenters. The molecule has 2 heterocycles. The van der Waals surface area contributed by atoms with E-state index >= 15 is 0 Å². The maximum atomic E-state index is 12.5. The third kappa shape index (κ3) is 2.65. The molecule has 2 amide bonds. The van der Waals surface area contributed by atoms with Crippen LogP contribution in [0, 0.1) is 0 Å². The zero-order valence-electron chi connectivity index (χ0n) is 14.3. The molecule has 2 aromatic carbocycles. The Hall–Kier alpha value is -3.41. The fourth-order valence-electron chi connectivity index (χ4n) is 3.04. The van der Waals surface area contributed by atoms with Crippen molar-refractivity contribution in [3.63, 3.8) is 0 Å². The van der Waals surface area contributed by atoms with E-state index in [1.807, 2.05) is 17.7 Å². The van der Waals surface area contributed by atoms with Crippen molar-refractivity contribution in [2.75, 3.05) is 4.90 Å². The fourth-order valence-corrected chi connectivity index (χ4v) is 3.04. The van der Waals surface area contributed by atoms with Crippen molar-refractivity contribution in [3.8, 4) is 5.75 Å². The number of aryl methyl sites for hydroxylation is 1. The van der Waals surface area contributed by atoms with Crippen molar-refractivity contribution < 1.29 is 14.3 Å². The van der Waals surface area contributed by atoms with Gasteiger partial charge < -0.3 is 4.74 Å². The number of carbonyl (C=O) groups is 2. The van der Waals surface area contributed by atoms with Gasteiger partial charge in [-0.3, -0.25) is 14.3 Å². The van der Waals surface area contributed by atoms with Gasteiger partial charge in [-0.05, 0) is 49.4 Å². The third-order valence-electron chi connectivity index (χ3n) is 4.38. The molecule has 0 saturated carbocycles. The van der Waals surface area contributed by atoms with E-state index in [1.54, 1.807) is 54.7 Å². The molecule has 0 atom stereocenters. The lowest BCUT2D eigenvalue weighted by molar-refractivity contribution is 0.0926. The average Bonchev–Trinajstić information content (AvgIpc) is 3.24. The fraction of sp³-hybridized carbons (Fsp3) is 0.150. The number of aromatic nitrogens is 2. The number of imide groups is 1. The first-order chi connectivity index (χ1) is 12.7. The smallest absolute Gasteiger partial charge is 0.266 e. The Balaban J connectivity index is 1.50. The third-order valence-corrected chi connectivity index (χ3v) is 4.38. The Morgan fingerprint density at radius 1 is 0.923 bits per heavy atom. The number of carbonyl (C=O) groups excluding carboxylic acids is 2. The van der Waals surface area contributed by atoms with Gasteiger partial charge in [0.15, 0.2) is 0 Å². The topological polar surface area (TPSA) is 64.4 Å².